The van der Waals surface area contributed by atoms with Gasteiger partial charge in [0.15, 0.2) is 11.5 Å². The number of rotatable bonds is 3. The van der Waals surface area contributed by atoms with E-state index in [1.807, 2.05) is 11.0 Å². The summed E-state index contributed by atoms with van der Waals surface area (Å²) in [5.74, 6) is 1.50. The molecule has 1 saturated heterocycles. The quantitative estimate of drug-likeness (QED) is 0.640. The van der Waals surface area contributed by atoms with E-state index in [1.54, 1.807) is 18.4 Å². The molecule has 0 bridgehead atoms. The Morgan fingerprint density at radius 2 is 2.14 bits per heavy atom. The Labute approximate surface area is 173 Å². The predicted molar refractivity (Wildman–Crippen MR) is 114 cm³/mol. The summed E-state index contributed by atoms with van der Waals surface area (Å²) in [7, 11) is 1.66. The van der Waals surface area contributed by atoms with Crippen LogP contribution in [0.2, 0.25) is 0 Å². The number of carbonyl (C=O) groups excluding carboxylic acids is 1. The van der Waals surface area contributed by atoms with Crippen LogP contribution in [0.3, 0.4) is 0 Å². The van der Waals surface area contributed by atoms with Crippen LogP contribution in [-0.4, -0.2) is 43.8 Å². The molecule has 150 valence electrons. The minimum absolute atomic E-state index is 0.0595. The number of amides is 1. The highest BCUT2D eigenvalue weighted by Crippen LogP contribution is 2.41. The van der Waals surface area contributed by atoms with Crippen LogP contribution in [0.15, 0.2) is 41.8 Å². The van der Waals surface area contributed by atoms with Crippen molar-refractivity contribution in [3.63, 3.8) is 0 Å². The Hall–Kier alpha value is -2.57. The second-order valence-corrected chi connectivity index (χ2v) is 8.33. The molecule has 6 heteroatoms. The first-order valence-electron chi connectivity index (χ1n) is 9.95. The van der Waals surface area contributed by atoms with Crippen molar-refractivity contribution >= 4 is 27.3 Å². The van der Waals surface area contributed by atoms with E-state index in [0.29, 0.717) is 32.1 Å². The second kappa shape index (κ2) is 7.69. The van der Waals surface area contributed by atoms with E-state index in [2.05, 4.69) is 35.7 Å². The van der Waals surface area contributed by atoms with Gasteiger partial charge in [-0.3, -0.25) is 4.79 Å². The average Bonchev–Trinajstić information content (AvgIpc) is 3.38. The van der Waals surface area contributed by atoms with Crippen LogP contribution in [0.4, 0.5) is 0 Å². The van der Waals surface area contributed by atoms with Crippen molar-refractivity contribution in [1.29, 1.82) is 0 Å². The molecule has 0 saturated carbocycles. The van der Waals surface area contributed by atoms with E-state index in [-0.39, 0.29) is 12.0 Å². The third-order valence-electron chi connectivity index (χ3n) is 5.63. The number of nitrogens with zero attached hydrogens (tertiary/aromatic N) is 1. The SMILES string of the molecule is COc1cc(-c2csc3ccccc23)cc2c1OCCN(C(=O)[C@@H]1CCCO1)C2. The maximum absolute atomic E-state index is 12.9. The van der Waals surface area contributed by atoms with Crippen molar-refractivity contribution < 1.29 is 19.0 Å². The first-order chi connectivity index (χ1) is 14.2. The molecule has 3 aromatic rings. The summed E-state index contributed by atoms with van der Waals surface area (Å²) in [5, 5.41) is 3.40. The van der Waals surface area contributed by atoms with Crippen LogP contribution in [0.25, 0.3) is 21.2 Å². The van der Waals surface area contributed by atoms with Crippen molar-refractivity contribution in [3.8, 4) is 22.6 Å². The highest BCUT2D eigenvalue weighted by Gasteiger charge is 2.31. The van der Waals surface area contributed by atoms with Gasteiger partial charge in [-0.15, -0.1) is 11.3 Å². The van der Waals surface area contributed by atoms with E-state index < -0.39 is 0 Å². The minimum atomic E-state index is -0.317. The van der Waals surface area contributed by atoms with Gasteiger partial charge in [0.25, 0.3) is 5.91 Å². The molecule has 1 amide bonds. The summed E-state index contributed by atoms with van der Waals surface area (Å²) in [5.41, 5.74) is 3.22. The summed E-state index contributed by atoms with van der Waals surface area (Å²) >= 11 is 1.73. The zero-order chi connectivity index (χ0) is 19.8. The number of thiophene rings is 1. The smallest absolute Gasteiger partial charge is 0.252 e. The van der Waals surface area contributed by atoms with Crippen LogP contribution in [0.1, 0.15) is 18.4 Å². The molecule has 0 N–H and O–H groups in total. The van der Waals surface area contributed by atoms with Crippen molar-refractivity contribution in [2.75, 3.05) is 26.9 Å². The molecule has 29 heavy (non-hydrogen) atoms. The molecule has 3 heterocycles. The lowest BCUT2D eigenvalue weighted by molar-refractivity contribution is -0.141. The largest absolute Gasteiger partial charge is 0.493 e. The van der Waals surface area contributed by atoms with E-state index in [1.165, 1.54) is 15.6 Å². The zero-order valence-corrected chi connectivity index (χ0v) is 17.2. The van der Waals surface area contributed by atoms with E-state index in [4.69, 9.17) is 14.2 Å². The lowest BCUT2D eigenvalue weighted by atomic mass is 10.0. The van der Waals surface area contributed by atoms with Crippen LogP contribution in [0, 0.1) is 0 Å². The molecule has 5 nitrogen and oxygen atoms in total. The molecule has 0 aliphatic carbocycles. The van der Waals surface area contributed by atoms with Crippen molar-refractivity contribution in [3.05, 3.63) is 47.3 Å². The fourth-order valence-corrected chi connectivity index (χ4v) is 5.13. The first kappa shape index (κ1) is 18.5. The predicted octanol–water partition coefficient (Wildman–Crippen LogP) is 4.48. The Balaban J connectivity index is 1.54. The topological polar surface area (TPSA) is 48.0 Å². The zero-order valence-electron chi connectivity index (χ0n) is 16.3. The molecular formula is C23H23NO4S. The number of methoxy groups -OCH3 is 1. The van der Waals surface area contributed by atoms with Gasteiger partial charge in [-0.05, 0) is 42.0 Å². The number of fused-ring (bicyclic) bond motifs is 2. The lowest BCUT2D eigenvalue weighted by Gasteiger charge is -2.23. The summed E-state index contributed by atoms with van der Waals surface area (Å²) in [6.07, 6.45) is 1.43. The Bertz CT molecular complexity index is 1050. The van der Waals surface area contributed by atoms with Gasteiger partial charge in [-0.1, -0.05) is 18.2 Å². The molecule has 0 unspecified atom stereocenters. The Kier molecular flexibility index (Phi) is 4.89. The normalized spacial score (nSPS) is 18.9. The highest BCUT2D eigenvalue weighted by atomic mass is 32.1. The van der Waals surface area contributed by atoms with Gasteiger partial charge >= 0.3 is 0 Å². The molecule has 2 aliphatic heterocycles. The maximum Gasteiger partial charge on any atom is 0.252 e. The van der Waals surface area contributed by atoms with E-state index >= 15 is 0 Å². The number of benzene rings is 2. The van der Waals surface area contributed by atoms with E-state index in [0.717, 1.165) is 29.7 Å². The minimum Gasteiger partial charge on any atom is -0.493 e. The van der Waals surface area contributed by atoms with Gasteiger partial charge in [-0.2, -0.15) is 0 Å². The van der Waals surface area contributed by atoms with Gasteiger partial charge in [-0.25, -0.2) is 0 Å². The molecule has 1 aromatic heterocycles. The van der Waals surface area contributed by atoms with Gasteiger partial charge < -0.3 is 19.1 Å². The molecular weight excluding hydrogens is 386 g/mol. The summed E-state index contributed by atoms with van der Waals surface area (Å²) < 4.78 is 18.6. The van der Waals surface area contributed by atoms with Gasteiger partial charge in [0.2, 0.25) is 0 Å². The number of ether oxygens (including phenoxy) is 3. The monoisotopic (exact) mass is 409 g/mol. The summed E-state index contributed by atoms with van der Waals surface area (Å²) in [6.45, 7) is 2.16. The van der Waals surface area contributed by atoms with Crippen LogP contribution < -0.4 is 9.47 Å². The summed E-state index contributed by atoms with van der Waals surface area (Å²) in [4.78, 5) is 14.8. The molecule has 0 radical (unpaired) electrons. The third-order valence-corrected chi connectivity index (χ3v) is 6.59. The number of hydrogen-bond acceptors (Lipinski definition) is 5. The van der Waals surface area contributed by atoms with Gasteiger partial charge in [0.05, 0.1) is 13.7 Å². The average molecular weight is 410 g/mol. The molecule has 2 aromatic carbocycles. The molecule has 1 fully saturated rings. The fraction of sp³-hybridized carbons (Fsp3) is 0.348. The fourth-order valence-electron chi connectivity index (χ4n) is 4.16. The molecule has 2 aliphatic rings. The molecule has 5 rings (SSSR count). The molecule has 1 atom stereocenters. The van der Waals surface area contributed by atoms with Crippen LogP contribution >= 0.6 is 11.3 Å². The first-order valence-corrected chi connectivity index (χ1v) is 10.8. The van der Waals surface area contributed by atoms with E-state index in [9.17, 15) is 4.79 Å². The van der Waals surface area contributed by atoms with Crippen molar-refractivity contribution in [2.24, 2.45) is 0 Å². The highest BCUT2D eigenvalue weighted by molar-refractivity contribution is 7.17. The Morgan fingerprint density at radius 1 is 1.24 bits per heavy atom. The molecule has 0 spiro atoms. The van der Waals surface area contributed by atoms with Crippen molar-refractivity contribution in [1.82, 2.24) is 4.90 Å². The maximum atomic E-state index is 12.9. The lowest BCUT2D eigenvalue weighted by Crippen LogP contribution is -2.39. The number of hydrogen-bond donors (Lipinski definition) is 0. The van der Waals surface area contributed by atoms with Gasteiger partial charge in [0.1, 0.15) is 12.7 Å². The van der Waals surface area contributed by atoms with Gasteiger partial charge in [0, 0.05) is 34.4 Å². The second-order valence-electron chi connectivity index (χ2n) is 7.42. The standard InChI is InChI=1S/C23H23NO4S/c1-26-20-12-15(18-14-29-21-7-3-2-5-17(18)21)11-16-13-24(8-10-28-22(16)20)23(25)19-6-4-9-27-19/h2-3,5,7,11-12,14,19H,4,6,8-10,13H2,1H3/t19-/m0/s1. The summed E-state index contributed by atoms with van der Waals surface area (Å²) in [6, 6.07) is 12.6. The number of carbonyl (C=O) groups is 1. The van der Waals surface area contributed by atoms with Crippen molar-refractivity contribution in [2.45, 2.75) is 25.5 Å². The van der Waals surface area contributed by atoms with Crippen LogP contribution in [0.5, 0.6) is 11.5 Å². The Morgan fingerprint density at radius 3 is 2.97 bits per heavy atom. The van der Waals surface area contributed by atoms with Crippen LogP contribution in [-0.2, 0) is 16.1 Å². The third kappa shape index (κ3) is 3.36.